The summed E-state index contributed by atoms with van der Waals surface area (Å²) in [6, 6.07) is 5.45. The van der Waals surface area contributed by atoms with Crippen LogP contribution in [0.1, 0.15) is 32.3 Å². The van der Waals surface area contributed by atoms with Gasteiger partial charge in [0.1, 0.15) is 18.1 Å². The van der Waals surface area contributed by atoms with Crippen LogP contribution < -0.4 is 4.74 Å². The predicted molar refractivity (Wildman–Crippen MR) is 74.1 cm³/mol. The van der Waals surface area contributed by atoms with Gasteiger partial charge in [0.25, 0.3) is 0 Å². The first kappa shape index (κ1) is 12.7. The van der Waals surface area contributed by atoms with E-state index in [-0.39, 0.29) is 0 Å². The van der Waals surface area contributed by atoms with Gasteiger partial charge in [0.15, 0.2) is 0 Å². The third kappa shape index (κ3) is 3.39. The fourth-order valence-electron chi connectivity index (χ4n) is 2.00. The molecule has 0 atom stereocenters. The fraction of sp³-hybridized carbons (Fsp3) is 0.375. The molecule has 0 saturated heterocycles. The molecule has 1 aliphatic heterocycles. The van der Waals surface area contributed by atoms with E-state index in [1.165, 1.54) is 11.1 Å². The van der Waals surface area contributed by atoms with Gasteiger partial charge in [-0.3, -0.25) is 0 Å². The molecule has 0 aromatic heterocycles. The third-order valence-corrected chi connectivity index (χ3v) is 3.22. The van der Waals surface area contributed by atoms with E-state index in [9.17, 15) is 5.11 Å². The molecular weight excluding hydrogens is 224 g/mol. The molecule has 96 valence electrons. The number of phenols is 1. The summed E-state index contributed by atoms with van der Waals surface area (Å²) in [6.45, 7) is 4.85. The number of hydrogen-bond donors (Lipinski definition) is 1. The van der Waals surface area contributed by atoms with Crippen LogP contribution in [0.25, 0.3) is 0 Å². The van der Waals surface area contributed by atoms with E-state index in [1.807, 2.05) is 12.1 Å². The van der Waals surface area contributed by atoms with E-state index >= 15 is 0 Å². The number of fused-ring (bicyclic) bond motifs is 2. The molecule has 2 bridgehead atoms. The van der Waals surface area contributed by atoms with Gasteiger partial charge in [0, 0.05) is 5.56 Å². The van der Waals surface area contributed by atoms with E-state index in [1.54, 1.807) is 6.07 Å². The molecule has 0 saturated carbocycles. The number of allylic oxidation sites excluding steroid dienone is 3. The van der Waals surface area contributed by atoms with Crippen molar-refractivity contribution >= 4 is 0 Å². The maximum Gasteiger partial charge on any atom is 0.120 e. The van der Waals surface area contributed by atoms with Crippen molar-refractivity contribution in [1.82, 2.24) is 0 Å². The molecule has 0 aliphatic carbocycles. The van der Waals surface area contributed by atoms with Crippen LogP contribution in [0.15, 0.2) is 41.5 Å². The van der Waals surface area contributed by atoms with Crippen LogP contribution in [-0.4, -0.2) is 11.7 Å². The van der Waals surface area contributed by atoms with Crippen molar-refractivity contribution in [2.45, 2.75) is 33.1 Å². The molecule has 0 fully saturated rings. The number of phenolic OH excluding ortho intramolecular Hbond substituents is 1. The van der Waals surface area contributed by atoms with Gasteiger partial charge in [-0.15, -0.1) is 0 Å². The van der Waals surface area contributed by atoms with Crippen molar-refractivity contribution in [3.05, 3.63) is 47.1 Å². The molecule has 0 spiro atoms. The average molecular weight is 244 g/mol. The molecule has 2 heteroatoms. The minimum atomic E-state index is 0.343. The zero-order valence-electron chi connectivity index (χ0n) is 11.1. The SMILES string of the molecule is C/C1=C/Cc2cc(ccc2O)OC/C(C)=C\CC1. The Hall–Kier alpha value is -1.70. The summed E-state index contributed by atoms with van der Waals surface area (Å²) < 4.78 is 5.71. The van der Waals surface area contributed by atoms with Gasteiger partial charge in [-0.1, -0.05) is 17.7 Å². The van der Waals surface area contributed by atoms with Crippen LogP contribution >= 0.6 is 0 Å². The van der Waals surface area contributed by atoms with Gasteiger partial charge in [0.2, 0.25) is 0 Å². The second kappa shape index (κ2) is 5.76. The Labute approximate surface area is 109 Å². The van der Waals surface area contributed by atoms with Gasteiger partial charge < -0.3 is 9.84 Å². The zero-order valence-corrected chi connectivity index (χ0v) is 11.1. The fourth-order valence-corrected chi connectivity index (χ4v) is 2.00. The normalized spacial score (nSPS) is 22.6. The molecule has 1 aromatic carbocycles. The summed E-state index contributed by atoms with van der Waals surface area (Å²) in [6.07, 6.45) is 7.30. The Morgan fingerprint density at radius 2 is 1.94 bits per heavy atom. The molecule has 2 nitrogen and oxygen atoms in total. The van der Waals surface area contributed by atoms with Crippen molar-refractivity contribution < 1.29 is 9.84 Å². The summed E-state index contributed by atoms with van der Waals surface area (Å²) in [5, 5.41) is 9.82. The highest BCUT2D eigenvalue weighted by molar-refractivity contribution is 5.40. The van der Waals surface area contributed by atoms with Crippen LogP contribution in [0.3, 0.4) is 0 Å². The van der Waals surface area contributed by atoms with Crippen molar-refractivity contribution in [2.24, 2.45) is 0 Å². The van der Waals surface area contributed by atoms with E-state index in [4.69, 9.17) is 4.74 Å². The smallest absolute Gasteiger partial charge is 0.120 e. The van der Waals surface area contributed by atoms with Gasteiger partial charge in [-0.05, 0) is 56.9 Å². The van der Waals surface area contributed by atoms with Crippen molar-refractivity contribution in [1.29, 1.82) is 0 Å². The van der Waals surface area contributed by atoms with Crippen molar-refractivity contribution in [2.75, 3.05) is 6.61 Å². The number of hydrogen-bond acceptors (Lipinski definition) is 2. The van der Waals surface area contributed by atoms with E-state index in [2.05, 4.69) is 26.0 Å². The van der Waals surface area contributed by atoms with Crippen LogP contribution in [0.5, 0.6) is 11.5 Å². The summed E-state index contributed by atoms with van der Waals surface area (Å²) in [4.78, 5) is 0. The van der Waals surface area contributed by atoms with Crippen molar-refractivity contribution in [3.63, 3.8) is 0 Å². The molecule has 0 amide bonds. The first-order chi connectivity index (χ1) is 8.65. The van der Waals surface area contributed by atoms with E-state index < -0.39 is 0 Å². The minimum Gasteiger partial charge on any atom is -0.508 e. The Bertz CT molecular complexity index is 484. The second-order valence-corrected chi connectivity index (χ2v) is 4.92. The molecule has 2 rings (SSSR count). The van der Waals surface area contributed by atoms with E-state index in [0.29, 0.717) is 12.4 Å². The first-order valence-electron chi connectivity index (χ1n) is 6.41. The average Bonchev–Trinajstić information content (AvgIpc) is 2.35. The summed E-state index contributed by atoms with van der Waals surface area (Å²) in [5.41, 5.74) is 3.54. The van der Waals surface area contributed by atoms with Crippen LogP contribution in [0, 0.1) is 0 Å². The maximum atomic E-state index is 9.82. The molecule has 1 aliphatic rings. The number of benzene rings is 1. The molecule has 0 unspecified atom stereocenters. The van der Waals surface area contributed by atoms with Gasteiger partial charge >= 0.3 is 0 Å². The summed E-state index contributed by atoms with van der Waals surface area (Å²) in [5.74, 6) is 1.16. The zero-order chi connectivity index (χ0) is 13.0. The standard InChI is InChI=1S/C16H20O2/c1-12-4-3-5-13(2)11-18-15-8-9-16(17)14(10-15)7-6-12/h5-6,8-10,17H,3-4,7,11H2,1-2H3/b12-6-,13-5-. The largest absolute Gasteiger partial charge is 0.508 e. The Balaban J connectivity index is 2.30. The molecule has 1 N–H and O–H groups in total. The van der Waals surface area contributed by atoms with Crippen LogP contribution in [-0.2, 0) is 6.42 Å². The highest BCUT2D eigenvalue weighted by Crippen LogP contribution is 2.25. The Morgan fingerprint density at radius 1 is 1.11 bits per heavy atom. The lowest BCUT2D eigenvalue weighted by atomic mass is 10.0. The maximum absolute atomic E-state index is 9.82. The third-order valence-electron chi connectivity index (χ3n) is 3.22. The molecule has 1 heterocycles. The lowest BCUT2D eigenvalue weighted by molar-refractivity contribution is 0.350. The van der Waals surface area contributed by atoms with Gasteiger partial charge in [-0.2, -0.15) is 0 Å². The molecule has 0 radical (unpaired) electrons. The topological polar surface area (TPSA) is 29.5 Å². The number of ether oxygens (including phenoxy) is 1. The van der Waals surface area contributed by atoms with Crippen LogP contribution in [0.4, 0.5) is 0 Å². The summed E-state index contributed by atoms with van der Waals surface area (Å²) in [7, 11) is 0. The molecule has 18 heavy (non-hydrogen) atoms. The lowest BCUT2D eigenvalue weighted by Crippen LogP contribution is -2.00. The van der Waals surface area contributed by atoms with Crippen LogP contribution in [0.2, 0.25) is 0 Å². The molecule has 1 aromatic rings. The lowest BCUT2D eigenvalue weighted by Gasteiger charge is -2.11. The Kier molecular flexibility index (Phi) is 4.08. The highest BCUT2D eigenvalue weighted by Gasteiger charge is 2.04. The van der Waals surface area contributed by atoms with Gasteiger partial charge in [0.05, 0.1) is 0 Å². The second-order valence-electron chi connectivity index (χ2n) is 4.92. The monoisotopic (exact) mass is 244 g/mol. The van der Waals surface area contributed by atoms with E-state index in [0.717, 1.165) is 30.6 Å². The molecular formula is C16H20O2. The predicted octanol–water partition coefficient (Wildman–Crippen LogP) is 4.00. The quantitative estimate of drug-likeness (QED) is 0.699. The first-order valence-corrected chi connectivity index (χ1v) is 6.41. The van der Waals surface area contributed by atoms with Crippen molar-refractivity contribution in [3.8, 4) is 11.5 Å². The van der Waals surface area contributed by atoms with Gasteiger partial charge in [-0.25, -0.2) is 0 Å². The highest BCUT2D eigenvalue weighted by atomic mass is 16.5. The minimum absolute atomic E-state index is 0.343. The number of aromatic hydroxyl groups is 1. The summed E-state index contributed by atoms with van der Waals surface area (Å²) >= 11 is 0. The Morgan fingerprint density at radius 3 is 2.78 bits per heavy atom. The number of rotatable bonds is 0.